The molecule has 11 N–H and O–H groups in total. The lowest BCUT2D eigenvalue weighted by Gasteiger charge is -2.26. The van der Waals surface area contributed by atoms with Crippen molar-refractivity contribution in [1.82, 2.24) is 16.0 Å². The highest BCUT2D eigenvalue weighted by molar-refractivity contribution is 5.94. The highest BCUT2D eigenvalue weighted by atomic mass is 16.4. The zero-order chi connectivity index (χ0) is 29.7. The van der Waals surface area contributed by atoms with Gasteiger partial charge in [-0.2, -0.15) is 0 Å². The number of carbonyl (C=O) groups is 4. The average Bonchev–Trinajstić information content (AvgIpc) is 2.83. The molecule has 0 fully saturated rings. The van der Waals surface area contributed by atoms with Gasteiger partial charge >= 0.3 is 5.97 Å². The number of carboxylic acid groups (broad SMARTS) is 1. The van der Waals surface area contributed by atoms with Gasteiger partial charge in [-0.05, 0) is 48.8 Å². The van der Waals surface area contributed by atoms with Crippen LogP contribution in [0.15, 0.2) is 29.3 Å². The zero-order valence-electron chi connectivity index (χ0n) is 23.0. The predicted octanol–water partition coefficient (Wildman–Crippen LogP) is -0.443. The number of hydrogen-bond acceptors (Lipinski definition) is 7. The summed E-state index contributed by atoms with van der Waals surface area (Å²) in [6.07, 6.45) is 0.911. The van der Waals surface area contributed by atoms with Gasteiger partial charge in [0, 0.05) is 13.0 Å². The number of benzene rings is 1. The minimum Gasteiger partial charge on any atom is -0.508 e. The lowest BCUT2D eigenvalue weighted by Crippen LogP contribution is -2.58. The Balaban J connectivity index is 3.19. The first kappa shape index (κ1) is 33.2. The summed E-state index contributed by atoms with van der Waals surface area (Å²) in [6, 6.07) is 1.78. The maximum absolute atomic E-state index is 13.4. The van der Waals surface area contributed by atoms with Gasteiger partial charge in [0.15, 0.2) is 5.96 Å². The van der Waals surface area contributed by atoms with E-state index in [9.17, 15) is 29.4 Å². The Morgan fingerprint density at radius 3 is 1.97 bits per heavy atom. The molecule has 1 aromatic rings. The second kappa shape index (κ2) is 16.2. The van der Waals surface area contributed by atoms with Crippen LogP contribution in [-0.2, 0) is 25.6 Å². The molecule has 0 heterocycles. The summed E-state index contributed by atoms with van der Waals surface area (Å²) in [5.41, 5.74) is 17.3. The van der Waals surface area contributed by atoms with Crippen molar-refractivity contribution in [2.24, 2.45) is 34.0 Å². The normalized spacial score (nSPS) is 14.1. The second-order valence-corrected chi connectivity index (χ2v) is 10.2. The Morgan fingerprint density at radius 2 is 1.46 bits per heavy atom. The number of aromatic hydroxyl groups is 1. The number of nitrogens with one attached hydrogen (secondary N) is 3. The highest BCUT2D eigenvalue weighted by Crippen LogP contribution is 2.13. The monoisotopic (exact) mass is 549 g/mol. The van der Waals surface area contributed by atoms with Crippen molar-refractivity contribution < 1.29 is 29.4 Å². The van der Waals surface area contributed by atoms with E-state index in [1.807, 2.05) is 13.8 Å². The van der Waals surface area contributed by atoms with Crippen molar-refractivity contribution in [3.8, 4) is 5.75 Å². The molecule has 4 unspecified atom stereocenters. The van der Waals surface area contributed by atoms with Crippen LogP contribution in [0.5, 0.6) is 5.75 Å². The van der Waals surface area contributed by atoms with Crippen molar-refractivity contribution in [1.29, 1.82) is 0 Å². The summed E-state index contributed by atoms with van der Waals surface area (Å²) < 4.78 is 0. The Morgan fingerprint density at radius 1 is 0.897 bits per heavy atom. The molecule has 4 atom stereocenters. The fourth-order valence-electron chi connectivity index (χ4n) is 3.78. The molecule has 39 heavy (non-hydrogen) atoms. The summed E-state index contributed by atoms with van der Waals surface area (Å²) in [6.45, 7) is 7.34. The van der Waals surface area contributed by atoms with E-state index in [0.29, 0.717) is 18.4 Å². The number of nitrogens with two attached hydrogens (primary N) is 3. The first-order valence-corrected chi connectivity index (χ1v) is 12.9. The molecule has 1 aromatic carbocycles. The predicted molar refractivity (Wildman–Crippen MR) is 147 cm³/mol. The van der Waals surface area contributed by atoms with Crippen LogP contribution >= 0.6 is 0 Å². The minimum atomic E-state index is -1.21. The third-order valence-electron chi connectivity index (χ3n) is 5.88. The number of aliphatic imine (C=N–C) groups is 1. The lowest BCUT2D eigenvalue weighted by atomic mass is 10.0. The fourth-order valence-corrected chi connectivity index (χ4v) is 3.78. The number of carboxylic acids is 1. The zero-order valence-corrected chi connectivity index (χ0v) is 23.0. The van der Waals surface area contributed by atoms with Gasteiger partial charge in [-0.25, -0.2) is 4.79 Å². The van der Waals surface area contributed by atoms with Crippen molar-refractivity contribution in [3.63, 3.8) is 0 Å². The number of carbonyl (C=O) groups excluding carboxylic acids is 3. The molecular formula is C26H43N7O6. The van der Waals surface area contributed by atoms with Gasteiger partial charge in [0.1, 0.15) is 23.9 Å². The largest absolute Gasteiger partial charge is 0.508 e. The first-order valence-electron chi connectivity index (χ1n) is 12.9. The molecule has 0 aliphatic heterocycles. The number of nitrogens with zero attached hydrogens (tertiary/aromatic N) is 1. The topological polar surface area (TPSA) is 235 Å². The molecule has 0 spiro atoms. The molecule has 13 heteroatoms. The molecule has 0 saturated heterocycles. The molecule has 0 bridgehead atoms. The number of amides is 3. The third-order valence-corrected chi connectivity index (χ3v) is 5.88. The van der Waals surface area contributed by atoms with Crippen molar-refractivity contribution >= 4 is 29.7 Å². The Bertz CT molecular complexity index is 993. The number of guanidine groups is 1. The SMILES string of the molecule is CC(C)CC(N)C(=O)NC(CCCN=C(N)N)C(=O)NC(Cc1ccc(O)cc1)C(=O)NC(C(=O)O)C(C)C. The number of phenols is 1. The highest BCUT2D eigenvalue weighted by Gasteiger charge is 2.31. The van der Waals surface area contributed by atoms with Crippen molar-refractivity contribution in [2.75, 3.05) is 6.54 Å². The molecule has 218 valence electrons. The van der Waals surface area contributed by atoms with Gasteiger partial charge in [0.05, 0.1) is 6.04 Å². The van der Waals surface area contributed by atoms with E-state index in [1.165, 1.54) is 12.1 Å². The van der Waals surface area contributed by atoms with E-state index in [2.05, 4.69) is 20.9 Å². The van der Waals surface area contributed by atoms with Crippen LogP contribution in [0.2, 0.25) is 0 Å². The third kappa shape index (κ3) is 12.5. The number of aliphatic carboxylic acids is 1. The van der Waals surface area contributed by atoms with Gasteiger partial charge in [-0.15, -0.1) is 0 Å². The van der Waals surface area contributed by atoms with Crippen molar-refractivity contribution in [2.45, 2.75) is 77.5 Å². The second-order valence-electron chi connectivity index (χ2n) is 10.2. The molecule has 0 saturated carbocycles. The Kier molecular flexibility index (Phi) is 13.7. The van der Waals surface area contributed by atoms with Crippen LogP contribution in [0.4, 0.5) is 0 Å². The average molecular weight is 550 g/mol. The molecule has 0 radical (unpaired) electrons. The quantitative estimate of drug-likeness (QED) is 0.0756. The smallest absolute Gasteiger partial charge is 0.326 e. The summed E-state index contributed by atoms with van der Waals surface area (Å²) in [5, 5.41) is 26.9. The van der Waals surface area contributed by atoms with E-state index >= 15 is 0 Å². The molecule has 13 nitrogen and oxygen atoms in total. The number of rotatable bonds is 16. The summed E-state index contributed by atoms with van der Waals surface area (Å²) >= 11 is 0. The maximum Gasteiger partial charge on any atom is 0.326 e. The van der Waals surface area contributed by atoms with Crippen LogP contribution in [0.3, 0.4) is 0 Å². The van der Waals surface area contributed by atoms with E-state index in [-0.39, 0.29) is 37.0 Å². The van der Waals surface area contributed by atoms with Crippen LogP contribution in [0.25, 0.3) is 0 Å². The van der Waals surface area contributed by atoms with E-state index in [1.54, 1.807) is 26.0 Å². The van der Waals surface area contributed by atoms with Crippen molar-refractivity contribution in [3.05, 3.63) is 29.8 Å². The van der Waals surface area contributed by atoms with Gasteiger partial charge in [-0.1, -0.05) is 39.8 Å². The number of hydrogen-bond donors (Lipinski definition) is 8. The maximum atomic E-state index is 13.4. The van der Waals surface area contributed by atoms with E-state index in [0.717, 1.165) is 0 Å². The molecule has 0 aliphatic carbocycles. The summed E-state index contributed by atoms with van der Waals surface area (Å²) in [7, 11) is 0. The van der Waals surface area contributed by atoms with Gasteiger partial charge in [0.2, 0.25) is 17.7 Å². The van der Waals surface area contributed by atoms with Gasteiger partial charge < -0.3 is 43.4 Å². The minimum absolute atomic E-state index is 0.00379. The number of phenolic OH excluding ortho intramolecular Hbond substituents is 1. The Labute approximate surface area is 229 Å². The van der Waals surface area contributed by atoms with Crippen LogP contribution < -0.4 is 33.2 Å². The van der Waals surface area contributed by atoms with E-state index in [4.69, 9.17) is 17.2 Å². The molecule has 1 rings (SSSR count). The molecule has 0 aliphatic rings. The fraction of sp³-hybridized carbons (Fsp3) is 0.577. The molecule has 0 aromatic heterocycles. The first-order chi connectivity index (χ1) is 18.2. The lowest BCUT2D eigenvalue weighted by molar-refractivity contribution is -0.143. The summed E-state index contributed by atoms with van der Waals surface area (Å²) in [4.78, 5) is 54.8. The van der Waals surface area contributed by atoms with Gasteiger partial charge in [0.25, 0.3) is 0 Å². The van der Waals surface area contributed by atoms with Crippen LogP contribution in [-0.4, -0.2) is 70.6 Å². The Hall–Kier alpha value is -3.87. The molecule has 3 amide bonds. The van der Waals surface area contributed by atoms with Gasteiger partial charge in [-0.3, -0.25) is 19.4 Å². The molecular weight excluding hydrogens is 506 g/mol. The standard InChI is InChI=1S/C26H43N7O6/c1-14(2)12-18(27)22(35)31-19(6-5-11-30-26(28)29)23(36)32-20(13-16-7-9-17(34)10-8-16)24(37)33-21(15(3)4)25(38)39/h7-10,14-15,18-21,34H,5-6,11-13,27H2,1-4H3,(H,31,35)(H,32,36)(H,33,37)(H,38,39)(H4,28,29,30). The van der Waals surface area contributed by atoms with Crippen LogP contribution in [0, 0.1) is 11.8 Å². The van der Waals surface area contributed by atoms with Crippen LogP contribution in [0.1, 0.15) is 52.5 Å². The summed E-state index contributed by atoms with van der Waals surface area (Å²) in [5.74, 6) is -3.44. The van der Waals surface area contributed by atoms with E-state index < -0.39 is 53.8 Å².